The molecule has 248 valence electrons. The molecule has 4 N–H and O–H groups in total. The number of pyridine rings is 1. The van der Waals surface area contributed by atoms with Gasteiger partial charge in [-0.3, -0.25) is 9.36 Å². The number of rotatable bonds is 10. The Bertz CT molecular complexity index is 1940. The molecule has 0 fully saturated rings. The number of carbonyl (C=O) groups is 1. The summed E-state index contributed by atoms with van der Waals surface area (Å²) in [5.41, 5.74) is 14.5. The molecule has 0 saturated carbocycles. The number of aromatic nitrogens is 1. The summed E-state index contributed by atoms with van der Waals surface area (Å²) in [5.74, 6) is 0.936. The number of fused-ring (bicyclic) bond motifs is 1. The van der Waals surface area contributed by atoms with Gasteiger partial charge in [-0.1, -0.05) is 12.1 Å². The molecule has 0 bridgehead atoms. The third kappa shape index (κ3) is 6.96. The minimum absolute atomic E-state index is 0. The van der Waals surface area contributed by atoms with E-state index in [1.165, 1.54) is 40.1 Å². The number of anilines is 2. The molecule has 11 nitrogen and oxygen atoms in total. The Kier molecular flexibility index (Phi) is 11.8. The molecule has 0 spiro atoms. The molecule has 5 aromatic rings. The van der Waals surface area contributed by atoms with E-state index in [9.17, 15) is 9.59 Å². The van der Waals surface area contributed by atoms with Crippen LogP contribution in [0.5, 0.6) is 28.7 Å². The number of nitrogens with zero attached hydrogens (tertiary/aromatic N) is 1. The SMILES string of the molecule is COC(=O)c1c(-c2cc(OC)c(OC)c(OC)c2)c2cc(OC)c(OCc3cccc(N)c3)cc2c(=O)n1-c1ccc(N)cc1.Cl.Cl. The van der Waals surface area contributed by atoms with E-state index in [2.05, 4.69) is 0 Å². The van der Waals surface area contributed by atoms with E-state index >= 15 is 0 Å². The summed E-state index contributed by atoms with van der Waals surface area (Å²) < 4.78 is 35.2. The van der Waals surface area contributed by atoms with Crippen molar-refractivity contribution in [2.45, 2.75) is 6.61 Å². The van der Waals surface area contributed by atoms with E-state index in [1.807, 2.05) is 12.1 Å². The summed E-state index contributed by atoms with van der Waals surface area (Å²) in [5, 5.41) is 0.640. The molecule has 0 unspecified atom stereocenters. The van der Waals surface area contributed by atoms with Gasteiger partial charge in [0.25, 0.3) is 5.56 Å². The molecule has 47 heavy (non-hydrogen) atoms. The number of nitrogen functional groups attached to an aromatic ring is 2. The number of hydrogen-bond acceptors (Lipinski definition) is 10. The molecule has 1 aromatic heterocycles. The van der Waals surface area contributed by atoms with Gasteiger partial charge in [-0.15, -0.1) is 24.8 Å². The maximum absolute atomic E-state index is 14.4. The monoisotopic (exact) mass is 683 g/mol. The second kappa shape index (κ2) is 15.4. The highest BCUT2D eigenvalue weighted by Gasteiger charge is 2.28. The molecule has 0 radical (unpaired) electrons. The van der Waals surface area contributed by atoms with Gasteiger partial charge in [-0.2, -0.15) is 0 Å². The van der Waals surface area contributed by atoms with Gasteiger partial charge in [0.1, 0.15) is 12.3 Å². The maximum Gasteiger partial charge on any atom is 0.355 e. The maximum atomic E-state index is 14.4. The predicted molar refractivity (Wildman–Crippen MR) is 187 cm³/mol. The van der Waals surface area contributed by atoms with Gasteiger partial charge < -0.3 is 39.9 Å². The Morgan fingerprint density at radius 3 is 1.87 bits per heavy atom. The summed E-state index contributed by atoms with van der Waals surface area (Å²) in [6.45, 7) is 0.166. The average Bonchev–Trinajstić information content (AvgIpc) is 3.06. The summed E-state index contributed by atoms with van der Waals surface area (Å²) in [6, 6.07) is 20.5. The molecule has 5 rings (SSSR count). The fraction of sp³-hybridized carbons (Fsp3) is 0.176. The zero-order chi connectivity index (χ0) is 32.2. The molecular weight excluding hydrogens is 649 g/mol. The molecular formula is C34H35Cl2N3O8. The fourth-order valence-electron chi connectivity index (χ4n) is 5.20. The zero-order valence-corrected chi connectivity index (χ0v) is 28.0. The summed E-state index contributed by atoms with van der Waals surface area (Å²) in [4.78, 5) is 28.0. The first-order valence-electron chi connectivity index (χ1n) is 13.8. The lowest BCUT2D eigenvalue weighted by Gasteiger charge is -2.21. The first-order valence-corrected chi connectivity index (χ1v) is 13.8. The fourth-order valence-corrected chi connectivity index (χ4v) is 5.20. The summed E-state index contributed by atoms with van der Waals surface area (Å²) in [7, 11) is 7.21. The van der Waals surface area contributed by atoms with Crippen LogP contribution >= 0.6 is 24.8 Å². The molecule has 0 atom stereocenters. The summed E-state index contributed by atoms with van der Waals surface area (Å²) >= 11 is 0. The second-order valence-electron chi connectivity index (χ2n) is 9.94. The molecule has 0 aliphatic heterocycles. The number of benzene rings is 4. The van der Waals surface area contributed by atoms with Crippen molar-refractivity contribution in [1.29, 1.82) is 0 Å². The molecule has 4 aromatic carbocycles. The molecule has 0 aliphatic carbocycles. The minimum atomic E-state index is -0.754. The van der Waals surface area contributed by atoms with Crippen LogP contribution in [0.4, 0.5) is 11.4 Å². The Morgan fingerprint density at radius 1 is 0.702 bits per heavy atom. The van der Waals surface area contributed by atoms with Crippen LogP contribution in [0.15, 0.2) is 77.6 Å². The van der Waals surface area contributed by atoms with E-state index in [-0.39, 0.29) is 42.5 Å². The molecule has 0 amide bonds. The Balaban J connectivity index is 0.00000300. The van der Waals surface area contributed by atoms with Crippen molar-refractivity contribution in [3.05, 3.63) is 94.4 Å². The minimum Gasteiger partial charge on any atom is -0.493 e. The lowest BCUT2D eigenvalue weighted by Crippen LogP contribution is -2.27. The molecule has 0 aliphatic rings. The third-order valence-corrected chi connectivity index (χ3v) is 7.30. The first-order chi connectivity index (χ1) is 21.7. The van der Waals surface area contributed by atoms with Gasteiger partial charge in [0.2, 0.25) is 5.75 Å². The molecule has 1 heterocycles. The van der Waals surface area contributed by atoms with Crippen LogP contribution in [-0.4, -0.2) is 46.1 Å². The normalized spacial score (nSPS) is 10.3. The van der Waals surface area contributed by atoms with Gasteiger partial charge >= 0.3 is 5.97 Å². The number of ether oxygens (including phenoxy) is 6. The van der Waals surface area contributed by atoms with Crippen molar-refractivity contribution in [2.75, 3.05) is 47.0 Å². The average molecular weight is 685 g/mol. The van der Waals surface area contributed by atoms with Gasteiger partial charge in [0.05, 0.1) is 40.9 Å². The van der Waals surface area contributed by atoms with Gasteiger partial charge in [-0.05, 0) is 71.8 Å². The topological polar surface area (TPSA) is 146 Å². The quantitative estimate of drug-likeness (QED) is 0.131. The van der Waals surface area contributed by atoms with Crippen LogP contribution in [-0.2, 0) is 11.3 Å². The second-order valence-corrected chi connectivity index (χ2v) is 9.94. The van der Waals surface area contributed by atoms with E-state index in [4.69, 9.17) is 39.9 Å². The Labute approximate surface area is 283 Å². The smallest absolute Gasteiger partial charge is 0.355 e. The van der Waals surface area contributed by atoms with Crippen LogP contribution in [0, 0.1) is 0 Å². The van der Waals surface area contributed by atoms with E-state index in [0.29, 0.717) is 62.3 Å². The number of carbonyl (C=O) groups excluding carboxylic acids is 1. The first kappa shape index (κ1) is 36.2. The highest BCUT2D eigenvalue weighted by atomic mass is 35.5. The molecule has 13 heteroatoms. The number of halogens is 2. The van der Waals surface area contributed by atoms with Gasteiger partial charge in [0.15, 0.2) is 23.0 Å². The standard InChI is InChI=1S/C34H33N3O8.2ClH/c1-40-26-16-24-25(17-27(26)45-18-19-7-6-8-22(36)13-19)33(38)37(23-11-9-21(35)10-12-23)31(34(39)44-5)30(24)20-14-28(41-2)32(43-4)29(15-20)42-3;;/h6-17H,18,35-36H2,1-5H3;2*1H. The largest absolute Gasteiger partial charge is 0.493 e. The highest BCUT2D eigenvalue weighted by molar-refractivity contribution is 6.08. The van der Waals surface area contributed by atoms with E-state index < -0.39 is 11.5 Å². The highest BCUT2D eigenvalue weighted by Crippen LogP contribution is 2.45. The number of hydrogen-bond donors (Lipinski definition) is 2. The van der Waals surface area contributed by atoms with E-state index in [1.54, 1.807) is 60.7 Å². The molecule has 0 saturated heterocycles. The number of methoxy groups -OCH3 is 5. The Hall–Kier alpha value is -5.26. The van der Waals surface area contributed by atoms with Crippen molar-refractivity contribution in [2.24, 2.45) is 0 Å². The Morgan fingerprint density at radius 2 is 1.32 bits per heavy atom. The van der Waals surface area contributed by atoms with Crippen LogP contribution in [0.2, 0.25) is 0 Å². The van der Waals surface area contributed by atoms with Crippen molar-refractivity contribution in [3.63, 3.8) is 0 Å². The predicted octanol–water partition coefficient (Wildman–Crippen LogP) is 6.07. The van der Waals surface area contributed by atoms with Crippen LogP contribution in [0.3, 0.4) is 0 Å². The third-order valence-electron chi connectivity index (χ3n) is 7.30. The zero-order valence-electron chi connectivity index (χ0n) is 26.3. The number of esters is 1. The van der Waals surface area contributed by atoms with Crippen LogP contribution in [0.25, 0.3) is 27.6 Å². The lowest BCUT2D eigenvalue weighted by atomic mass is 9.95. The van der Waals surface area contributed by atoms with E-state index in [0.717, 1.165) is 5.56 Å². The van der Waals surface area contributed by atoms with Crippen molar-refractivity contribution >= 4 is 52.9 Å². The van der Waals surface area contributed by atoms with Crippen molar-refractivity contribution < 1.29 is 33.2 Å². The van der Waals surface area contributed by atoms with Gasteiger partial charge in [-0.25, -0.2) is 4.79 Å². The van der Waals surface area contributed by atoms with Crippen LogP contribution in [0.1, 0.15) is 16.1 Å². The van der Waals surface area contributed by atoms with Crippen molar-refractivity contribution in [3.8, 4) is 45.6 Å². The van der Waals surface area contributed by atoms with Crippen LogP contribution < -0.4 is 40.7 Å². The lowest BCUT2D eigenvalue weighted by molar-refractivity contribution is 0.0591. The number of nitrogens with two attached hydrogens (primary N) is 2. The summed E-state index contributed by atoms with van der Waals surface area (Å²) in [6.07, 6.45) is 0. The van der Waals surface area contributed by atoms with Crippen molar-refractivity contribution in [1.82, 2.24) is 4.57 Å². The van der Waals surface area contributed by atoms with Gasteiger partial charge in [0, 0.05) is 28.0 Å².